The molecule has 6 nitrogen and oxygen atoms in total. The van der Waals surface area contributed by atoms with Crippen LogP contribution in [0.15, 0.2) is 0 Å². The van der Waals surface area contributed by atoms with Gasteiger partial charge in [-0.2, -0.15) is 0 Å². The Morgan fingerprint density at radius 1 is 0.667 bits per heavy atom. The van der Waals surface area contributed by atoms with Crippen LogP contribution in [0.3, 0.4) is 0 Å². The molecule has 2 rings (SSSR count). The van der Waals surface area contributed by atoms with Gasteiger partial charge in [-0.25, -0.2) is 0 Å². The molecule has 0 saturated carbocycles. The number of rotatable bonds is 4. The van der Waals surface area contributed by atoms with E-state index >= 15 is 0 Å². The van der Waals surface area contributed by atoms with E-state index in [1.54, 1.807) is 0 Å². The normalized spacial score (nSPS) is 34.3. The van der Waals surface area contributed by atoms with Crippen LogP contribution in [-0.2, 0) is 18.9 Å². The van der Waals surface area contributed by atoms with Crippen molar-refractivity contribution < 1.29 is 18.9 Å². The maximum atomic E-state index is 5.58. The third-order valence-corrected chi connectivity index (χ3v) is 2.39. The summed E-state index contributed by atoms with van der Waals surface area (Å²) in [4.78, 5) is 4.01. The summed E-state index contributed by atoms with van der Waals surface area (Å²) in [5, 5.41) is 0. The van der Waals surface area contributed by atoms with E-state index in [9.17, 15) is 0 Å². The van der Waals surface area contributed by atoms with Gasteiger partial charge in [0.15, 0.2) is 12.6 Å². The average molecular weight is 264 g/mol. The highest BCUT2D eigenvalue weighted by molar-refractivity contribution is 4.72. The van der Waals surface area contributed by atoms with E-state index in [1.807, 2.05) is 38.0 Å². The van der Waals surface area contributed by atoms with E-state index in [0.29, 0.717) is 13.1 Å². The van der Waals surface area contributed by atoms with E-state index in [1.165, 1.54) is 0 Å². The van der Waals surface area contributed by atoms with Crippen LogP contribution >= 0.6 is 0 Å². The molecule has 0 aliphatic carbocycles. The van der Waals surface area contributed by atoms with Crippen molar-refractivity contribution in [3.8, 4) is 0 Å². The summed E-state index contributed by atoms with van der Waals surface area (Å²) in [7, 11) is 7.88. The predicted molar refractivity (Wildman–Crippen MR) is 70.1 cm³/mol. The molecule has 2 heterocycles. The molecule has 2 aliphatic rings. The molecular weight excluding hydrogens is 236 g/mol. The summed E-state index contributed by atoms with van der Waals surface area (Å²) in [6.45, 7) is 1.41. The molecule has 110 valence electrons. The molecule has 0 atom stereocenters. The van der Waals surface area contributed by atoms with E-state index in [4.69, 9.17) is 18.9 Å². The first-order valence-electron chi connectivity index (χ1n) is 5.46. The second-order valence-corrected chi connectivity index (χ2v) is 4.66. The van der Waals surface area contributed by atoms with Gasteiger partial charge in [-0.05, 0) is 28.2 Å². The maximum Gasteiger partial charge on any atom is 0.214 e. The van der Waals surface area contributed by atoms with Crippen LogP contribution in [0.1, 0.15) is 14.9 Å². The molecule has 0 amide bonds. The third kappa shape index (κ3) is 4.46. The summed E-state index contributed by atoms with van der Waals surface area (Å²) in [6, 6.07) is 0. The Morgan fingerprint density at radius 2 is 0.944 bits per heavy atom. The van der Waals surface area contributed by atoms with Crippen LogP contribution in [0.2, 0.25) is 0 Å². The van der Waals surface area contributed by atoms with E-state index in [-0.39, 0.29) is 40.0 Å². The minimum absolute atomic E-state index is 0. The van der Waals surface area contributed by atoms with E-state index in [0.717, 1.165) is 0 Å². The van der Waals surface area contributed by atoms with Crippen molar-refractivity contribution in [2.45, 2.75) is 40.0 Å². The zero-order valence-corrected chi connectivity index (χ0v) is 10.3. The Morgan fingerprint density at radius 3 is 1.17 bits per heavy atom. The van der Waals surface area contributed by atoms with Crippen LogP contribution in [0.25, 0.3) is 0 Å². The van der Waals surface area contributed by atoms with Crippen LogP contribution in [0.4, 0.5) is 0 Å². The van der Waals surface area contributed by atoms with Crippen LogP contribution in [-0.4, -0.2) is 76.2 Å². The highest BCUT2D eigenvalue weighted by Gasteiger charge is 2.46. The van der Waals surface area contributed by atoms with Crippen LogP contribution in [0.5, 0.6) is 0 Å². The SMILES string of the molecule is C.C.CN(C)CC1OC2OC(CN(C)C)OC2O1. The van der Waals surface area contributed by atoms with Crippen molar-refractivity contribution in [1.29, 1.82) is 0 Å². The third-order valence-electron chi connectivity index (χ3n) is 2.39. The number of hydrogen-bond acceptors (Lipinski definition) is 6. The van der Waals surface area contributed by atoms with Gasteiger partial charge >= 0.3 is 0 Å². The van der Waals surface area contributed by atoms with Crippen molar-refractivity contribution in [1.82, 2.24) is 9.80 Å². The predicted octanol–water partition coefficient (Wildman–Crippen LogP) is 0.780. The number of hydrogen-bond donors (Lipinski definition) is 0. The number of likely N-dealkylation sites (N-methyl/N-ethyl adjacent to an activating group) is 2. The first-order chi connectivity index (χ1) is 7.54. The van der Waals surface area contributed by atoms with Gasteiger partial charge in [-0.3, -0.25) is 0 Å². The Balaban J connectivity index is 0.00000144. The Bertz CT molecular complexity index is 202. The number of fused-ring (bicyclic) bond motifs is 1. The largest absolute Gasteiger partial charge is 0.317 e. The summed E-state index contributed by atoms with van der Waals surface area (Å²) < 4.78 is 22.3. The highest BCUT2D eigenvalue weighted by Crippen LogP contribution is 2.29. The van der Waals surface area contributed by atoms with Crippen molar-refractivity contribution >= 4 is 0 Å². The summed E-state index contributed by atoms with van der Waals surface area (Å²) in [6.07, 6.45) is -1.28. The Kier molecular flexibility index (Phi) is 7.28. The van der Waals surface area contributed by atoms with Gasteiger partial charge in [0.05, 0.1) is 0 Å². The Hall–Kier alpha value is -0.240. The van der Waals surface area contributed by atoms with Crippen LogP contribution in [0, 0.1) is 0 Å². The molecule has 2 saturated heterocycles. The number of nitrogens with zero attached hydrogens (tertiary/aromatic N) is 2. The highest BCUT2D eigenvalue weighted by atomic mass is 16.9. The van der Waals surface area contributed by atoms with Gasteiger partial charge < -0.3 is 28.7 Å². The van der Waals surface area contributed by atoms with Gasteiger partial charge in [-0.1, -0.05) is 14.9 Å². The lowest BCUT2D eigenvalue weighted by Crippen LogP contribution is -2.31. The molecule has 0 N–H and O–H groups in total. The zero-order valence-electron chi connectivity index (χ0n) is 10.3. The topological polar surface area (TPSA) is 43.4 Å². The zero-order chi connectivity index (χ0) is 11.7. The van der Waals surface area contributed by atoms with Gasteiger partial charge in [-0.15, -0.1) is 0 Å². The van der Waals surface area contributed by atoms with Crippen molar-refractivity contribution in [3.05, 3.63) is 0 Å². The van der Waals surface area contributed by atoms with Gasteiger partial charge in [0, 0.05) is 13.1 Å². The average Bonchev–Trinajstić information content (AvgIpc) is 2.58. The first-order valence-corrected chi connectivity index (χ1v) is 5.46. The molecule has 0 spiro atoms. The summed E-state index contributed by atoms with van der Waals surface area (Å²) in [5.41, 5.74) is 0. The molecule has 0 bridgehead atoms. The lowest BCUT2D eigenvalue weighted by Gasteiger charge is -2.19. The minimum Gasteiger partial charge on any atom is -0.317 e. The molecule has 0 unspecified atom stereocenters. The van der Waals surface area contributed by atoms with Gasteiger partial charge in [0.1, 0.15) is 0 Å². The molecule has 0 aromatic rings. The standard InChI is InChI=1S/C10H20N2O4.2CH4/c1-11(2)5-7-13-9-10(14-7)16-8(15-9)6-12(3)4;;/h7-10H,5-6H2,1-4H3;2*1H4. The lowest BCUT2D eigenvalue weighted by molar-refractivity contribution is -0.218. The molecule has 6 heteroatoms. The second kappa shape index (κ2) is 7.37. The molecule has 18 heavy (non-hydrogen) atoms. The molecule has 2 fully saturated rings. The maximum absolute atomic E-state index is 5.58. The lowest BCUT2D eigenvalue weighted by atomic mass is 10.6. The minimum atomic E-state index is -0.380. The molecule has 0 aromatic carbocycles. The van der Waals surface area contributed by atoms with Gasteiger partial charge in [0.25, 0.3) is 0 Å². The van der Waals surface area contributed by atoms with E-state index < -0.39 is 0 Å². The molecule has 2 aliphatic heterocycles. The summed E-state index contributed by atoms with van der Waals surface area (Å²) >= 11 is 0. The fourth-order valence-corrected chi connectivity index (χ4v) is 1.75. The Labute approximate surface area is 111 Å². The first kappa shape index (κ1) is 17.8. The smallest absolute Gasteiger partial charge is 0.214 e. The van der Waals surface area contributed by atoms with Crippen LogP contribution < -0.4 is 0 Å². The molecule has 0 aromatic heterocycles. The second-order valence-electron chi connectivity index (χ2n) is 4.66. The quantitative estimate of drug-likeness (QED) is 0.747. The van der Waals surface area contributed by atoms with Crippen molar-refractivity contribution in [3.63, 3.8) is 0 Å². The van der Waals surface area contributed by atoms with E-state index in [2.05, 4.69) is 0 Å². The fourth-order valence-electron chi connectivity index (χ4n) is 1.75. The monoisotopic (exact) mass is 264 g/mol. The van der Waals surface area contributed by atoms with Gasteiger partial charge in [0.2, 0.25) is 12.6 Å². The molecular formula is C12H28N2O4. The fraction of sp³-hybridized carbons (Fsp3) is 1.00. The summed E-state index contributed by atoms with van der Waals surface area (Å²) in [5.74, 6) is 0. The molecule has 0 radical (unpaired) electrons. The van der Waals surface area contributed by atoms with Crippen molar-refractivity contribution in [2.24, 2.45) is 0 Å². The van der Waals surface area contributed by atoms with Crippen molar-refractivity contribution in [2.75, 3.05) is 41.3 Å². The number of ether oxygens (including phenoxy) is 4.